The number of halogens is 4. The highest BCUT2D eigenvalue weighted by atomic mass is 79.9. The molecule has 100 valence electrons. The number of alkyl halides is 3. The highest BCUT2D eigenvalue weighted by molar-refractivity contribution is 9.10. The van der Waals surface area contributed by atoms with Gasteiger partial charge in [-0.15, -0.1) is 13.2 Å². The fourth-order valence-electron chi connectivity index (χ4n) is 1.56. The SMILES string of the molecule is Cc1nc(Br)cc(-c2ccccc2OC(F)(F)F)n1. The van der Waals surface area contributed by atoms with E-state index in [2.05, 4.69) is 30.6 Å². The van der Waals surface area contributed by atoms with Crippen LogP contribution in [0.5, 0.6) is 5.75 Å². The lowest BCUT2D eigenvalue weighted by atomic mass is 10.1. The Kier molecular flexibility index (Phi) is 3.75. The predicted octanol–water partition coefficient (Wildman–Crippen LogP) is 4.11. The molecule has 1 heterocycles. The van der Waals surface area contributed by atoms with E-state index in [1.165, 1.54) is 24.3 Å². The maximum atomic E-state index is 12.3. The monoisotopic (exact) mass is 332 g/mol. The van der Waals surface area contributed by atoms with E-state index in [0.717, 1.165) is 0 Å². The zero-order chi connectivity index (χ0) is 14.0. The molecule has 0 aliphatic rings. The third-order valence-electron chi connectivity index (χ3n) is 2.20. The van der Waals surface area contributed by atoms with Crippen molar-refractivity contribution >= 4 is 15.9 Å². The Morgan fingerprint density at radius 1 is 1.16 bits per heavy atom. The van der Waals surface area contributed by atoms with Crippen LogP contribution < -0.4 is 4.74 Å². The van der Waals surface area contributed by atoms with Gasteiger partial charge in [-0.3, -0.25) is 0 Å². The maximum Gasteiger partial charge on any atom is 0.573 e. The molecule has 2 aromatic rings. The van der Waals surface area contributed by atoms with Crippen LogP contribution >= 0.6 is 15.9 Å². The van der Waals surface area contributed by atoms with Crippen molar-refractivity contribution in [3.05, 3.63) is 40.8 Å². The van der Waals surface area contributed by atoms with E-state index in [0.29, 0.717) is 16.1 Å². The van der Waals surface area contributed by atoms with E-state index in [9.17, 15) is 13.2 Å². The number of hydrogen-bond donors (Lipinski definition) is 0. The molecule has 0 aliphatic heterocycles. The van der Waals surface area contributed by atoms with Crippen LogP contribution in [-0.4, -0.2) is 16.3 Å². The molecular formula is C12H8BrF3N2O. The molecular weight excluding hydrogens is 325 g/mol. The average molecular weight is 333 g/mol. The third-order valence-corrected chi connectivity index (χ3v) is 2.60. The third kappa shape index (κ3) is 3.66. The van der Waals surface area contributed by atoms with E-state index >= 15 is 0 Å². The predicted molar refractivity (Wildman–Crippen MR) is 66.6 cm³/mol. The van der Waals surface area contributed by atoms with Gasteiger partial charge in [0.2, 0.25) is 0 Å². The van der Waals surface area contributed by atoms with E-state index in [1.807, 2.05) is 0 Å². The van der Waals surface area contributed by atoms with E-state index < -0.39 is 6.36 Å². The van der Waals surface area contributed by atoms with Gasteiger partial charge in [0.15, 0.2) is 0 Å². The molecule has 2 rings (SSSR count). The topological polar surface area (TPSA) is 35.0 Å². The van der Waals surface area contributed by atoms with Crippen LogP contribution in [0.2, 0.25) is 0 Å². The fraction of sp³-hybridized carbons (Fsp3) is 0.167. The summed E-state index contributed by atoms with van der Waals surface area (Å²) in [5, 5.41) is 0. The molecule has 0 fully saturated rings. The summed E-state index contributed by atoms with van der Waals surface area (Å²) in [4.78, 5) is 8.11. The van der Waals surface area contributed by atoms with E-state index in [4.69, 9.17) is 0 Å². The first kappa shape index (κ1) is 13.8. The molecule has 0 aliphatic carbocycles. The van der Waals surface area contributed by atoms with Crippen molar-refractivity contribution in [1.29, 1.82) is 0 Å². The first-order valence-electron chi connectivity index (χ1n) is 5.21. The molecule has 0 saturated carbocycles. The Balaban J connectivity index is 2.50. The molecule has 7 heteroatoms. The zero-order valence-electron chi connectivity index (χ0n) is 9.70. The quantitative estimate of drug-likeness (QED) is 0.776. The van der Waals surface area contributed by atoms with Gasteiger partial charge in [-0.1, -0.05) is 12.1 Å². The highest BCUT2D eigenvalue weighted by Gasteiger charge is 2.32. The molecule has 3 nitrogen and oxygen atoms in total. The van der Waals surface area contributed by atoms with Crippen LogP contribution in [0.3, 0.4) is 0 Å². The van der Waals surface area contributed by atoms with Crippen molar-refractivity contribution in [2.45, 2.75) is 13.3 Å². The summed E-state index contributed by atoms with van der Waals surface area (Å²) in [6.07, 6.45) is -4.74. The number of rotatable bonds is 2. The van der Waals surface area contributed by atoms with E-state index in [-0.39, 0.29) is 11.3 Å². The summed E-state index contributed by atoms with van der Waals surface area (Å²) in [6.45, 7) is 1.65. The molecule has 0 spiro atoms. The number of aromatic nitrogens is 2. The van der Waals surface area contributed by atoms with Gasteiger partial charge in [0, 0.05) is 5.56 Å². The summed E-state index contributed by atoms with van der Waals surface area (Å²) in [6, 6.07) is 7.37. The number of ether oxygens (including phenoxy) is 1. The molecule has 0 saturated heterocycles. The van der Waals surface area contributed by atoms with Gasteiger partial charge in [0.1, 0.15) is 16.2 Å². The van der Waals surface area contributed by atoms with E-state index in [1.54, 1.807) is 13.0 Å². The van der Waals surface area contributed by atoms with Crippen molar-refractivity contribution < 1.29 is 17.9 Å². The normalized spacial score (nSPS) is 11.4. The minimum absolute atomic E-state index is 0.256. The molecule has 0 N–H and O–H groups in total. The minimum Gasteiger partial charge on any atom is -0.405 e. The Morgan fingerprint density at radius 3 is 2.47 bits per heavy atom. The highest BCUT2D eigenvalue weighted by Crippen LogP contribution is 2.33. The molecule has 0 radical (unpaired) electrons. The molecule has 0 atom stereocenters. The van der Waals surface area contributed by atoms with Crippen molar-refractivity contribution in [2.24, 2.45) is 0 Å². The van der Waals surface area contributed by atoms with Crippen LogP contribution in [0.25, 0.3) is 11.3 Å². The van der Waals surface area contributed by atoms with Gasteiger partial charge < -0.3 is 4.74 Å². The Morgan fingerprint density at radius 2 is 1.84 bits per heavy atom. The molecule has 0 amide bonds. The first-order chi connectivity index (χ1) is 8.85. The van der Waals surface area contributed by atoms with Gasteiger partial charge in [-0.2, -0.15) is 0 Å². The number of nitrogens with zero attached hydrogens (tertiary/aromatic N) is 2. The van der Waals surface area contributed by atoms with Crippen LogP contribution in [0, 0.1) is 6.92 Å². The maximum absolute atomic E-state index is 12.3. The Hall–Kier alpha value is -1.63. The average Bonchev–Trinajstić information content (AvgIpc) is 2.26. The lowest BCUT2D eigenvalue weighted by Crippen LogP contribution is -2.17. The van der Waals surface area contributed by atoms with Gasteiger partial charge in [0.05, 0.1) is 5.69 Å². The second-order valence-corrected chi connectivity index (χ2v) is 4.48. The fourth-order valence-corrected chi connectivity index (χ4v) is 2.03. The standard InChI is InChI=1S/C12H8BrF3N2O/c1-7-17-9(6-11(13)18-7)8-4-2-3-5-10(8)19-12(14,15)16/h2-6H,1H3. The van der Waals surface area contributed by atoms with Gasteiger partial charge in [-0.05, 0) is 41.1 Å². The van der Waals surface area contributed by atoms with Crippen molar-refractivity contribution in [2.75, 3.05) is 0 Å². The number of benzene rings is 1. The summed E-state index contributed by atoms with van der Waals surface area (Å²) >= 11 is 3.18. The number of aryl methyl sites for hydroxylation is 1. The first-order valence-corrected chi connectivity index (χ1v) is 6.01. The second kappa shape index (κ2) is 5.16. The number of hydrogen-bond acceptors (Lipinski definition) is 3. The lowest BCUT2D eigenvalue weighted by molar-refractivity contribution is -0.274. The second-order valence-electron chi connectivity index (χ2n) is 3.67. The molecule has 0 bridgehead atoms. The largest absolute Gasteiger partial charge is 0.573 e. The molecule has 1 aromatic heterocycles. The van der Waals surface area contributed by atoms with Crippen molar-refractivity contribution in [3.63, 3.8) is 0 Å². The summed E-state index contributed by atoms with van der Waals surface area (Å²) in [7, 11) is 0. The Bertz CT molecular complexity index is 582. The van der Waals surface area contributed by atoms with Crippen LogP contribution in [0.1, 0.15) is 5.82 Å². The molecule has 1 aromatic carbocycles. The van der Waals surface area contributed by atoms with Gasteiger partial charge >= 0.3 is 6.36 Å². The molecule has 0 unspecified atom stereocenters. The summed E-state index contributed by atoms with van der Waals surface area (Å²) < 4.78 is 41.5. The van der Waals surface area contributed by atoms with Crippen molar-refractivity contribution in [3.8, 4) is 17.0 Å². The Labute approximate surface area is 115 Å². The molecule has 19 heavy (non-hydrogen) atoms. The summed E-state index contributed by atoms with van der Waals surface area (Å²) in [5.41, 5.74) is 0.616. The van der Waals surface area contributed by atoms with Crippen LogP contribution in [0.15, 0.2) is 34.9 Å². The van der Waals surface area contributed by atoms with Crippen LogP contribution in [0.4, 0.5) is 13.2 Å². The van der Waals surface area contributed by atoms with Gasteiger partial charge in [-0.25, -0.2) is 9.97 Å². The van der Waals surface area contributed by atoms with Gasteiger partial charge in [0.25, 0.3) is 0 Å². The van der Waals surface area contributed by atoms with Crippen LogP contribution in [-0.2, 0) is 0 Å². The summed E-state index contributed by atoms with van der Waals surface area (Å²) in [5.74, 6) is 0.159. The number of para-hydroxylation sites is 1. The van der Waals surface area contributed by atoms with Crippen molar-refractivity contribution in [1.82, 2.24) is 9.97 Å². The smallest absolute Gasteiger partial charge is 0.405 e. The minimum atomic E-state index is -4.74. The lowest BCUT2D eigenvalue weighted by Gasteiger charge is -2.13. The zero-order valence-corrected chi connectivity index (χ0v) is 11.3.